The fourth-order valence-corrected chi connectivity index (χ4v) is 3.55. The van der Waals surface area contributed by atoms with Crippen LogP contribution in [0.15, 0.2) is 0 Å². The Kier molecular flexibility index (Phi) is 4.68. The van der Waals surface area contributed by atoms with Crippen molar-refractivity contribution in [1.82, 2.24) is 9.80 Å². The molecule has 18 heavy (non-hydrogen) atoms. The Morgan fingerprint density at radius 2 is 1.89 bits per heavy atom. The SMILES string of the molecule is CCN1CCCC(N2CCC(N)C(C)(C)C2)CC1. The molecule has 0 saturated carbocycles. The van der Waals surface area contributed by atoms with E-state index in [1.54, 1.807) is 0 Å². The quantitative estimate of drug-likeness (QED) is 0.816. The average Bonchev–Trinajstić information content (AvgIpc) is 2.57. The van der Waals surface area contributed by atoms with Crippen molar-refractivity contribution in [1.29, 1.82) is 0 Å². The summed E-state index contributed by atoms with van der Waals surface area (Å²) < 4.78 is 0. The maximum absolute atomic E-state index is 6.24. The standard InChI is InChI=1S/C15H31N3/c1-4-17-9-5-6-13(7-10-17)18-11-8-14(16)15(2,3)12-18/h13-14H,4-12,16H2,1-3H3. The van der Waals surface area contributed by atoms with Gasteiger partial charge < -0.3 is 10.6 Å². The van der Waals surface area contributed by atoms with E-state index in [1.807, 2.05) is 0 Å². The highest BCUT2D eigenvalue weighted by Crippen LogP contribution is 2.31. The molecule has 2 aliphatic heterocycles. The van der Waals surface area contributed by atoms with Crippen LogP contribution in [0.5, 0.6) is 0 Å². The van der Waals surface area contributed by atoms with Crippen molar-refractivity contribution in [3.8, 4) is 0 Å². The Labute approximate surface area is 113 Å². The maximum atomic E-state index is 6.24. The molecule has 2 atom stereocenters. The van der Waals surface area contributed by atoms with E-state index in [4.69, 9.17) is 5.73 Å². The summed E-state index contributed by atoms with van der Waals surface area (Å²) in [6, 6.07) is 1.18. The molecule has 2 rings (SSSR count). The third kappa shape index (κ3) is 3.25. The number of likely N-dealkylation sites (tertiary alicyclic amines) is 2. The summed E-state index contributed by atoms with van der Waals surface area (Å²) in [5.41, 5.74) is 6.53. The van der Waals surface area contributed by atoms with E-state index >= 15 is 0 Å². The predicted molar refractivity (Wildman–Crippen MR) is 77.7 cm³/mol. The van der Waals surface area contributed by atoms with E-state index in [2.05, 4.69) is 30.6 Å². The molecule has 0 radical (unpaired) electrons. The molecule has 0 spiro atoms. The third-order valence-corrected chi connectivity index (χ3v) is 5.10. The van der Waals surface area contributed by atoms with Gasteiger partial charge in [0.15, 0.2) is 0 Å². The topological polar surface area (TPSA) is 32.5 Å². The van der Waals surface area contributed by atoms with Crippen molar-refractivity contribution in [2.45, 2.75) is 58.5 Å². The van der Waals surface area contributed by atoms with Crippen molar-refractivity contribution in [2.75, 3.05) is 32.7 Å². The summed E-state index contributed by atoms with van der Waals surface area (Å²) >= 11 is 0. The molecule has 2 heterocycles. The normalized spacial score (nSPS) is 35.3. The lowest BCUT2D eigenvalue weighted by Gasteiger charge is -2.45. The molecular formula is C15H31N3. The highest BCUT2D eigenvalue weighted by molar-refractivity contribution is 4.92. The minimum Gasteiger partial charge on any atom is -0.327 e. The highest BCUT2D eigenvalue weighted by Gasteiger charge is 2.36. The van der Waals surface area contributed by atoms with Crippen LogP contribution in [-0.2, 0) is 0 Å². The molecule has 0 aromatic rings. The lowest BCUT2D eigenvalue weighted by atomic mass is 9.79. The van der Waals surface area contributed by atoms with Gasteiger partial charge >= 0.3 is 0 Å². The molecule has 0 aromatic heterocycles. The van der Waals surface area contributed by atoms with Crippen LogP contribution in [0.25, 0.3) is 0 Å². The maximum Gasteiger partial charge on any atom is 0.0115 e. The van der Waals surface area contributed by atoms with Gasteiger partial charge in [-0.25, -0.2) is 0 Å². The molecule has 0 bridgehead atoms. The highest BCUT2D eigenvalue weighted by atomic mass is 15.2. The van der Waals surface area contributed by atoms with Gasteiger partial charge in [0.1, 0.15) is 0 Å². The van der Waals surface area contributed by atoms with Crippen molar-refractivity contribution < 1.29 is 0 Å². The molecule has 2 fully saturated rings. The molecule has 0 aromatic carbocycles. The number of piperidine rings is 1. The largest absolute Gasteiger partial charge is 0.327 e. The molecule has 2 unspecified atom stereocenters. The van der Waals surface area contributed by atoms with E-state index < -0.39 is 0 Å². The number of nitrogens with zero attached hydrogens (tertiary/aromatic N) is 2. The van der Waals surface area contributed by atoms with Crippen LogP contribution >= 0.6 is 0 Å². The van der Waals surface area contributed by atoms with Gasteiger partial charge in [0.05, 0.1) is 0 Å². The van der Waals surface area contributed by atoms with Crippen LogP contribution in [-0.4, -0.2) is 54.6 Å². The van der Waals surface area contributed by atoms with Gasteiger partial charge in [-0.05, 0) is 57.3 Å². The van der Waals surface area contributed by atoms with E-state index in [0.29, 0.717) is 6.04 Å². The minimum atomic E-state index is 0.287. The first-order chi connectivity index (χ1) is 8.53. The first kappa shape index (κ1) is 14.3. The van der Waals surface area contributed by atoms with Crippen LogP contribution in [0.1, 0.15) is 46.5 Å². The Hall–Kier alpha value is -0.120. The fraction of sp³-hybridized carbons (Fsp3) is 1.00. The zero-order valence-corrected chi connectivity index (χ0v) is 12.5. The molecule has 2 aliphatic rings. The summed E-state index contributed by atoms with van der Waals surface area (Å²) in [6.45, 7) is 13.1. The lowest BCUT2D eigenvalue weighted by molar-refractivity contribution is 0.0552. The second-order valence-corrected chi connectivity index (χ2v) is 6.87. The number of hydrogen-bond acceptors (Lipinski definition) is 3. The van der Waals surface area contributed by atoms with Crippen LogP contribution in [0.4, 0.5) is 0 Å². The zero-order chi connectivity index (χ0) is 13.2. The molecular weight excluding hydrogens is 222 g/mol. The van der Waals surface area contributed by atoms with E-state index in [0.717, 1.165) is 6.04 Å². The number of hydrogen-bond donors (Lipinski definition) is 1. The minimum absolute atomic E-state index is 0.287. The molecule has 2 N–H and O–H groups in total. The Bertz CT molecular complexity index is 264. The van der Waals surface area contributed by atoms with Gasteiger partial charge in [-0.2, -0.15) is 0 Å². The number of rotatable bonds is 2. The van der Waals surface area contributed by atoms with Gasteiger partial charge in [-0.3, -0.25) is 4.90 Å². The lowest BCUT2D eigenvalue weighted by Crippen LogP contribution is -2.55. The van der Waals surface area contributed by atoms with Crippen molar-refractivity contribution in [3.63, 3.8) is 0 Å². The van der Waals surface area contributed by atoms with Gasteiger partial charge in [-0.15, -0.1) is 0 Å². The van der Waals surface area contributed by atoms with Gasteiger partial charge in [0.25, 0.3) is 0 Å². The van der Waals surface area contributed by atoms with E-state index in [1.165, 1.54) is 58.4 Å². The molecule has 3 heteroatoms. The van der Waals surface area contributed by atoms with Crippen molar-refractivity contribution in [2.24, 2.45) is 11.1 Å². The Morgan fingerprint density at radius 1 is 1.11 bits per heavy atom. The van der Waals surface area contributed by atoms with Crippen LogP contribution in [0, 0.1) is 5.41 Å². The van der Waals surface area contributed by atoms with Crippen molar-refractivity contribution >= 4 is 0 Å². The van der Waals surface area contributed by atoms with Crippen LogP contribution in [0.2, 0.25) is 0 Å². The summed E-state index contributed by atoms with van der Waals surface area (Å²) in [6.07, 6.45) is 5.25. The van der Waals surface area contributed by atoms with Crippen molar-refractivity contribution in [3.05, 3.63) is 0 Å². The van der Waals surface area contributed by atoms with Crippen LogP contribution < -0.4 is 5.73 Å². The van der Waals surface area contributed by atoms with Gasteiger partial charge in [0.2, 0.25) is 0 Å². The first-order valence-corrected chi connectivity index (χ1v) is 7.75. The Balaban J connectivity index is 1.91. The molecule has 2 saturated heterocycles. The van der Waals surface area contributed by atoms with E-state index in [9.17, 15) is 0 Å². The Morgan fingerprint density at radius 3 is 2.56 bits per heavy atom. The summed E-state index contributed by atoms with van der Waals surface area (Å²) in [7, 11) is 0. The summed E-state index contributed by atoms with van der Waals surface area (Å²) in [4.78, 5) is 5.32. The number of nitrogens with two attached hydrogens (primary N) is 1. The summed E-state index contributed by atoms with van der Waals surface area (Å²) in [5, 5.41) is 0. The predicted octanol–water partition coefficient (Wildman–Crippen LogP) is 1.92. The molecule has 106 valence electrons. The molecule has 3 nitrogen and oxygen atoms in total. The summed E-state index contributed by atoms with van der Waals surface area (Å²) in [5.74, 6) is 0. The van der Waals surface area contributed by atoms with E-state index in [-0.39, 0.29) is 5.41 Å². The smallest absolute Gasteiger partial charge is 0.0115 e. The second kappa shape index (κ2) is 5.89. The molecule has 0 aliphatic carbocycles. The van der Waals surface area contributed by atoms with Gasteiger partial charge in [-0.1, -0.05) is 20.8 Å². The average molecular weight is 253 g/mol. The fourth-order valence-electron chi connectivity index (χ4n) is 3.55. The van der Waals surface area contributed by atoms with Gasteiger partial charge in [0, 0.05) is 18.6 Å². The first-order valence-electron chi connectivity index (χ1n) is 7.75. The van der Waals surface area contributed by atoms with Crippen LogP contribution in [0.3, 0.4) is 0 Å². The second-order valence-electron chi connectivity index (χ2n) is 6.87. The monoisotopic (exact) mass is 253 g/mol. The molecule has 0 amide bonds. The third-order valence-electron chi connectivity index (χ3n) is 5.10. The zero-order valence-electron chi connectivity index (χ0n) is 12.5.